The highest BCUT2D eigenvalue weighted by Gasteiger charge is 2.16. The Hall–Kier alpha value is -1.66. The third-order valence-electron chi connectivity index (χ3n) is 2.86. The number of hydrogen-bond donors (Lipinski definition) is 1. The van der Waals surface area contributed by atoms with Gasteiger partial charge in [-0.1, -0.05) is 23.2 Å². The molecule has 2 rings (SSSR count). The van der Waals surface area contributed by atoms with Gasteiger partial charge in [0, 0.05) is 28.9 Å². The smallest absolute Gasteiger partial charge is 0.272 e. The van der Waals surface area contributed by atoms with E-state index in [1.54, 1.807) is 0 Å². The number of ether oxygens (including phenoxy) is 1. The molecule has 1 N–H and O–H groups in total. The zero-order valence-corrected chi connectivity index (χ0v) is 13.6. The van der Waals surface area contributed by atoms with Gasteiger partial charge in [0.2, 0.25) is 0 Å². The first-order valence-corrected chi connectivity index (χ1v) is 7.47. The lowest BCUT2D eigenvalue weighted by Gasteiger charge is -2.14. The van der Waals surface area contributed by atoms with E-state index in [2.05, 4.69) is 10.3 Å². The summed E-state index contributed by atoms with van der Waals surface area (Å²) in [5.41, 5.74) is 0.607. The fourth-order valence-corrected chi connectivity index (χ4v) is 2.50. The van der Waals surface area contributed by atoms with Gasteiger partial charge in [-0.15, -0.1) is 0 Å². The number of rotatable bonds is 6. The Bertz CT molecular complexity index is 699. The van der Waals surface area contributed by atoms with E-state index >= 15 is 0 Å². The van der Waals surface area contributed by atoms with Gasteiger partial charge in [0.25, 0.3) is 6.43 Å². The molecule has 0 radical (unpaired) electrons. The van der Waals surface area contributed by atoms with Gasteiger partial charge in [0.1, 0.15) is 12.4 Å². The van der Waals surface area contributed by atoms with E-state index < -0.39 is 18.8 Å². The van der Waals surface area contributed by atoms with Crippen LogP contribution in [0.25, 0.3) is 11.1 Å². The maximum Gasteiger partial charge on any atom is 0.272 e. The summed E-state index contributed by atoms with van der Waals surface area (Å²) in [7, 11) is 0. The van der Waals surface area contributed by atoms with Gasteiger partial charge in [-0.25, -0.2) is 18.2 Å². The molecule has 2 aromatic rings. The predicted molar refractivity (Wildman–Crippen MR) is 85.3 cm³/mol. The molecule has 1 aromatic carbocycles. The van der Waals surface area contributed by atoms with Gasteiger partial charge in [-0.3, -0.25) is 0 Å². The van der Waals surface area contributed by atoms with Crippen LogP contribution in [0.5, 0.6) is 5.75 Å². The van der Waals surface area contributed by atoms with Crippen molar-refractivity contribution in [3.63, 3.8) is 0 Å². The van der Waals surface area contributed by atoms with Gasteiger partial charge in [0.05, 0.1) is 5.02 Å². The van der Waals surface area contributed by atoms with Crippen molar-refractivity contribution in [1.82, 2.24) is 4.98 Å². The number of halogens is 5. The summed E-state index contributed by atoms with van der Waals surface area (Å²) in [6.45, 7) is 1.48. The van der Waals surface area contributed by atoms with E-state index in [1.807, 2.05) is 6.92 Å². The molecule has 3 nitrogen and oxygen atoms in total. The first-order valence-electron chi connectivity index (χ1n) is 6.72. The Morgan fingerprint density at radius 1 is 1.26 bits per heavy atom. The summed E-state index contributed by atoms with van der Waals surface area (Å²) in [6, 6.07) is 4.03. The Labute approximate surface area is 141 Å². The molecule has 124 valence electrons. The standard InChI is InChI=1S/C15H13Cl2F3N2O/c1-2-21-15-12(18)3-8(6-22-15)10-4-9(16)5-11(17)14(10)23-7-13(19)20/h3-6,13H,2,7H2,1H3,(H,21,22). The summed E-state index contributed by atoms with van der Waals surface area (Å²) in [5, 5.41) is 3.09. The Morgan fingerprint density at radius 3 is 2.61 bits per heavy atom. The number of nitrogens with one attached hydrogen (secondary N) is 1. The number of pyridine rings is 1. The molecule has 0 saturated heterocycles. The van der Waals surface area contributed by atoms with Crippen molar-refractivity contribution in [1.29, 1.82) is 0 Å². The van der Waals surface area contributed by atoms with E-state index in [4.69, 9.17) is 27.9 Å². The van der Waals surface area contributed by atoms with Crippen molar-refractivity contribution in [3.8, 4) is 16.9 Å². The molecule has 1 heterocycles. The van der Waals surface area contributed by atoms with Gasteiger partial charge in [-0.2, -0.15) is 0 Å². The highest BCUT2D eigenvalue weighted by atomic mass is 35.5. The summed E-state index contributed by atoms with van der Waals surface area (Å²) in [6.07, 6.45) is -1.28. The van der Waals surface area contributed by atoms with E-state index in [0.29, 0.717) is 12.1 Å². The molecule has 8 heteroatoms. The van der Waals surface area contributed by atoms with Crippen LogP contribution in [-0.4, -0.2) is 24.6 Å². The molecule has 0 fully saturated rings. The van der Waals surface area contributed by atoms with Crippen LogP contribution in [0.15, 0.2) is 24.4 Å². The van der Waals surface area contributed by atoms with Crippen LogP contribution in [0.4, 0.5) is 19.0 Å². The quantitative estimate of drug-likeness (QED) is 0.757. The minimum Gasteiger partial charge on any atom is -0.485 e. The number of aromatic nitrogens is 1. The van der Waals surface area contributed by atoms with Crippen molar-refractivity contribution in [2.75, 3.05) is 18.5 Å². The predicted octanol–water partition coefficient (Wildman–Crippen LogP) is 5.27. The van der Waals surface area contributed by atoms with Crippen LogP contribution in [0.2, 0.25) is 10.0 Å². The monoisotopic (exact) mass is 364 g/mol. The molecule has 0 aliphatic heterocycles. The SMILES string of the molecule is CCNc1ncc(-c2cc(Cl)cc(Cl)c2OCC(F)F)cc1F. The van der Waals surface area contributed by atoms with Crippen LogP contribution >= 0.6 is 23.2 Å². The van der Waals surface area contributed by atoms with Crippen LogP contribution in [0.1, 0.15) is 6.92 Å². The zero-order chi connectivity index (χ0) is 17.0. The average Bonchev–Trinajstić information content (AvgIpc) is 2.47. The molecule has 1 aromatic heterocycles. The summed E-state index contributed by atoms with van der Waals surface area (Å²) >= 11 is 11.9. The van der Waals surface area contributed by atoms with Gasteiger partial charge >= 0.3 is 0 Å². The van der Waals surface area contributed by atoms with E-state index in [-0.39, 0.29) is 27.2 Å². The molecule has 0 spiro atoms. The molecular formula is C15H13Cl2F3N2O. The van der Waals surface area contributed by atoms with Crippen molar-refractivity contribution in [2.45, 2.75) is 13.3 Å². The van der Waals surface area contributed by atoms with Crippen molar-refractivity contribution >= 4 is 29.0 Å². The van der Waals surface area contributed by atoms with Crippen LogP contribution in [0.3, 0.4) is 0 Å². The number of benzene rings is 1. The lowest BCUT2D eigenvalue weighted by molar-refractivity contribution is 0.0822. The van der Waals surface area contributed by atoms with Crippen LogP contribution in [-0.2, 0) is 0 Å². The van der Waals surface area contributed by atoms with Crippen molar-refractivity contribution in [2.24, 2.45) is 0 Å². The maximum atomic E-state index is 14.0. The Morgan fingerprint density at radius 2 is 2.00 bits per heavy atom. The van der Waals surface area contributed by atoms with Gasteiger partial charge in [-0.05, 0) is 25.1 Å². The normalized spacial score (nSPS) is 10.9. The minimum atomic E-state index is -2.67. The lowest BCUT2D eigenvalue weighted by Crippen LogP contribution is -2.08. The molecule has 0 amide bonds. The van der Waals surface area contributed by atoms with Crippen molar-refractivity contribution in [3.05, 3.63) is 40.3 Å². The summed E-state index contributed by atoms with van der Waals surface area (Å²) in [4.78, 5) is 3.96. The first kappa shape index (κ1) is 17.7. The molecule has 0 atom stereocenters. The number of anilines is 1. The highest BCUT2D eigenvalue weighted by molar-refractivity contribution is 6.36. The average molecular weight is 365 g/mol. The van der Waals surface area contributed by atoms with Crippen molar-refractivity contribution < 1.29 is 17.9 Å². The van der Waals surface area contributed by atoms with Crippen LogP contribution < -0.4 is 10.1 Å². The lowest BCUT2D eigenvalue weighted by atomic mass is 10.1. The molecule has 0 bridgehead atoms. The molecule has 0 aliphatic carbocycles. The topological polar surface area (TPSA) is 34.2 Å². The van der Waals surface area contributed by atoms with Gasteiger partial charge in [0.15, 0.2) is 11.6 Å². The van der Waals surface area contributed by atoms with E-state index in [1.165, 1.54) is 24.4 Å². The first-order chi connectivity index (χ1) is 10.9. The largest absolute Gasteiger partial charge is 0.485 e. The molecule has 0 unspecified atom stereocenters. The Balaban J connectivity index is 2.47. The molecular weight excluding hydrogens is 352 g/mol. The Kier molecular flexibility index (Phi) is 5.96. The minimum absolute atomic E-state index is 0.00812. The summed E-state index contributed by atoms with van der Waals surface area (Å²) < 4.78 is 43.9. The number of hydrogen-bond acceptors (Lipinski definition) is 3. The number of nitrogens with zero attached hydrogens (tertiary/aromatic N) is 1. The molecule has 0 aliphatic rings. The maximum absolute atomic E-state index is 14.0. The second-order valence-electron chi connectivity index (χ2n) is 4.55. The fourth-order valence-electron chi connectivity index (χ4n) is 1.95. The second-order valence-corrected chi connectivity index (χ2v) is 5.39. The van der Waals surface area contributed by atoms with E-state index in [0.717, 1.165) is 0 Å². The molecule has 0 saturated carbocycles. The molecule has 23 heavy (non-hydrogen) atoms. The van der Waals surface area contributed by atoms with Crippen LogP contribution in [0, 0.1) is 5.82 Å². The second kappa shape index (κ2) is 7.75. The third-order valence-corrected chi connectivity index (χ3v) is 3.36. The van der Waals surface area contributed by atoms with Gasteiger partial charge < -0.3 is 10.1 Å². The summed E-state index contributed by atoms with van der Waals surface area (Å²) in [5.74, 6) is -0.478. The zero-order valence-electron chi connectivity index (χ0n) is 12.0. The number of alkyl halides is 2. The highest BCUT2D eigenvalue weighted by Crippen LogP contribution is 2.39. The third kappa shape index (κ3) is 4.42. The fraction of sp³-hybridized carbons (Fsp3) is 0.267. The van der Waals surface area contributed by atoms with E-state index in [9.17, 15) is 13.2 Å².